The smallest absolute Gasteiger partial charge is 0.342 e. The highest BCUT2D eigenvalue weighted by Crippen LogP contribution is 2.11. The molecule has 0 spiro atoms. The van der Waals surface area contributed by atoms with Crippen molar-refractivity contribution in [1.29, 1.82) is 10.5 Å². The summed E-state index contributed by atoms with van der Waals surface area (Å²) in [5.41, 5.74) is 1.95. The molecule has 0 aliphatic heterocycles. The van der Waals surface area contributed by atoms with Gasteiger partial charge in [0.25, 0.3) is 0 Å². The molecule has 3 rings (SSSR count). The number of thiophene rings is 2. The van der Waals surface area contributed by atoms with E-state index in [0.29, 0.717) is 9.06 Å². The lowest BCUT2D eigenvalue weighted by atomic mass is 10.2. The molecule has 134 valence electrons. The van der Waals surface area contributed by atoms with E-state index in [0.717, 1.165) is 30.9 Å². The minimum Gasteiger partial charge on any atom is -0.342 e. The Morgan fingerprint density at radius 3 is 1.86 bits per heavy atom. The van der Waals surface area contributed by atoms with Gasteiger partial charge >= 0.3 is 5.82 Å². The number of hydrogen-bond donors (Lipinski definition) is 0. The van der Waals surface area contributed by atoms with Crippen molar-refractivity contribution in [1.82, 2.24) is 4.57 Å². The van der Waals surface area contributed by atoms with Gasteiger partial charge in [0.1, 0.15) is 35.4 Å². The largest absolute Gasteiger partial charge is 0.537 e. The number of rotatable bonds is 0. The fourth-order valence-corrected chi connectivity index (χ4v) is 5.29. The fourth-order valence-electron chi connectivity index (χ4n) is 2.95. The Morgan fingerprint density at radius 2 is 1.39 bits per heavy atom. The number of aromatic nitrogens is 1. The molecule has 0 atom stereocenters. The molecule has 0 amide bonds. The summed E-state index contributed by atoms with van der Waals surface area (Å²) in [4.78, 5) is 6.66. The lowest BCUT2D eigenvalue weighted by Gasteiger charge is -1.91. The summed E-state index contributed by atoms with van der Waals surface area (Å²) >= 11 is 2.87. The van der Waals surface area contributed by atoms with E-state index in [9.17, 15) is 0 Å². The first-order valence-corrected chi connectivity index (χ1v) is 9.75. The molecule has 0 unspecified atom stereocenters. The van der Waals surface area contributed by atoms with E-state index in [2.05, 4.69) is 14.3 Å². The van der Waals surface area contributed by atoms with Crippen molar-refractivity contribution < 1.29 is 0 Å². The minimum absolute atomic E-state index is 0.0952. The van der Waals surface area contributed by atoms with E-state index >= 15 is 0 Å². The van der Waals surface area contributed by atoms with Gasteiger partial charge in [-0.05, 0) is 49.2 Å². The lowest BCUT2D eigenvalue weighted by molar-refractivity contribution is 0.864. The molecule has 0 aromatic carbocycles. The summed E-state index contributed by atoms with van der Waals surface area (Å²) in [5.74, 6) is 0.0952. The molecule has 0 saturated carbocycles. The van der Waals surface area contributed by atoms with Gasteiger partial charge in [-0.15, -0.1) is 22.7 Å². The van der Waals surface area contributed by atoms with Crippen LogP contribution in [0.4, 0.5) is 0 Å². The SMILES string of the molecule is [C-]#[N+]C([N+]#[C-])=c1s/c(=c2\cc/c(=c3/cc(C)c(=C(C#N)C#N)s3)n2C)cc1C. The van der Waals surface area contributed by atoms with E-state index in [4.69, 9.17) is 23.7 Å². The number of aryl methyl sites for hydroxylation is 2. The molecule has 7 heteroatoms. The van der Waals surface area contributed by atoms with Crippen molar-refractivity contribution in [3.8, 4) is 12.1 Å². The molecule has 0 bridgehead atoms. The van der Waals surface area contributed by atoms with E-state index in [1.165, 1.54) is 22.7 Å². The highest BCUT2D eigenvalue weighted by Gasteiger charge is 2.09. The molecular formula is C21H13N5S2. The third kappa shape index (κ3) is 3.11. The molecule has 3 aromatic heterocycles. The van der Waals surface area contributed by atoms with Crippen molar-refractivity contribution >= 4 is 34.1 Å². The van der Waals surface area contributed by atoms with Crippen LogP contribution >= 0.6 is 22.7 Å². The molecule has 0 N–H and O–H groups in total. The Balaban J connectivity index is 2.49. The standard InChI is InChI=1S/C21H13N5S2/c1-12-8-17(27-19(12)14(10-22)11-23)15-6-7-16(26(15)5)18-9-13(2)20(28-18)21(24-3)25-4/h6-9H,1-2,5H3/b17-15+,18-16+. The molecule has 0 fully saturated rings. The summed E-state index contributed by atoms with van der Waals surface area (Å²) in [7, 11) is 1.96. The van der Waals surface area contributed by atoms with Crippen LogP contribution in [0, 0.1) is 69.4 Å². The van der Waals surface area contributed by atoms with E-state index in [1.54, 1.807) is 0 Å². The van der Waals surface area contributed by atoms with Crippen LogP contribution in [0.15, 0.2) is 24.3 Å². The van der Waals surface area contributed by atoms with Crippen LogP contribution in [0.3, 0.4) is 0 Å². The van der Waals surface area contributed by atoms with Gasteiger partial charge in [-0.25, -0.2) is 0 Å². The van der Waals surface area contributed by atoms with Crippen LogP contribution in [0.5, 0.6) is 0 Å². The second-order valence-corrected chi connectivity index (χ2v) is 8.16. The predicted octanol–water partition coefficient (Wildman–Crippen LogP) is 3.44. The van der Waals surface area contributed by atoms with Crippen LogP contribution in [0.1, 0.15) is 11.1 Å². The highest BCUT2D eigenvalue weighted by atomic mass is 32.1. The second kappa shape index (κ2) is 7.55. The maximum Gasteiger partial charge on any atom is 0.537 e. The molecule has 0 radical (unpaired) electrons. The van der Waals surface area contributed by atoms with Crippen molar-refractivity contribution in [2.24, 2.45) is 7.05 Å². The summed E-state index contributed by atoms with van der Waals surface area (Å²) in [5, 5.41) is 20.3. The van der Waals surface area contributed by atoms with Crippen molar-refractivity contribution in [2.45, 2.75) is 13.8 Å². The second-order valence-electron chi connectivity index (χ2n) is 6.05. The zero-order chi connectivity index (χ0) is 20.4. The maximum absolute atomic E-state index is 9.15. The van der Waals surface area contributed by atoms with Crippen LogP contribution in [0.25, 0.3) is 21.1 Å². The zero-order valence-electron chi connectivity index (χ0n) is 15.4. The Labute approximate surface area is 169 Å². The van der Waals surface area contributed by atoms with E-state index in [1.807, 2.05) is 57.3 Å². The van der Waals surface area contributed by atoms with Gasteiger partial charge in [0, 0.05) is 7.05 Å². The normalized spacial score (nSPS) is 12.4. The molecule has 28 heavy (non-hydrogen) atoms. The quantitative estimate of drug-likeness (QED) is 0.544. The summed E-state index contributed by atoms with van der Waals surface area (Å²) in [6, 6.07) is 11.9. The van der Waals surface area contributed by atoms with E-state index < -0.39 is 0 Å². The Morgan fingerprint density at radius 1 is 0.929 bits per heavy atom. The van der Waals surface area contributed by atoms with Crippen LogP contribution in [-0.2, 0) is 7.05 Å². The monoisotopic (exact) mass is 399 g/mol. The van der Waals surface area contributed by atoms with Gasteiger partial charge in [-0.1, -0.05) is 0 Å². The topological polar surface area (TPSA) is 61.2 Å². The third-order valence-electron chi connectivity index (χ3n) is 4.33. The maximum atomic E-state index is 9.15. The lowest BCUT2D eigenvalue weighted by Crippen LogP contribution is -2.00. The van der Waals surface area contributed by atoms with Crippen LogP contribution < -0.4 is 9.06 Å². The average Bonchev–Trinajstić information content (AvgIpc) is 3.35. The average molecular weight is 400 g/mol. The van der Waals surface area contributed by atoms with Gasteiger partial charge in [0.05, 0.1) is 24.3 Å². The minimum atomic E-state index is 0.0952. The van der Waals surface area contributed by atoms with Gasteiger partial charge < -0.3 is 4.57 Å². The van der Waals surface area contributed by atoms with Gasteiger partial charge in [-0.2, -0.15) is 20.2 Å². The van der Waals surface area contributed by atoms with Gasteiger partial charge in [0.2, 0.25) is 0 Å². The van der Waals surface area contributed by atoms with Crippen molar-refractivity contribution in [3.63, 3.8) is 0 Å². The van der Waals surface area contributed by atoms with Gasteiger partial charge in [0.15, 0.2) is 0 Å². The number of hydrogen-bond acceptors (Lipinski definition) is 4. The molecule has 0 aliphatic carbocycles. The molecule has 3 aromatic rings. The third-order valence-corrected chi connectivity index (χ3v) is 6.86. The zero-order valence-corrected chi connectivity index (χ0v) is 17.0. The Bertz CT molecular complexity index is 1430. The predicted molar refractivity (Wildman–Crippen MR) is 109 cm³/mol. The summed E-state index contributed by atoms with van der Waals surface area (Å²) in [6.07, 6.45) is 0. The number of nitrogens with zero attached hydrogens (tertiary/aromatic N) is 5. The fraction of sp³-hybridized carbons (Fsp3) is 0.143. The molecule has 3 heterocycles. The van der Waals surface area contributed by atoms with Crippen LogP contribution in [-0.4, -0.2) is 4.57 Å². The summed E-state index contributed by atoms with van der Waals surface area (Å²) < 4.78 is 5.43. The number of nitriles is 2. The summed E-state index contributed by atoms with van der Waals surface area (Å²) in [6.45, 7) is 18.2. The Kier molecular flexibility index (Phi) is 5.16. The van der Waals surface area contributed by atoms with Crippen molar-refractivity contribution in [2.75, 3.05) is 0 Å². The molecular weight excluding hydrogens is 386 g/mol. The van der Waals surface area contributed by atoms with Gasteiger partial charge in [-0.3, -0.25) is 0 Å². The van der Waals surface area contributed by atoms with Crippen LogP contribution in [0.2, 0.25) is 0 Å². The Hall–Kier alpha value is -3.62. The molecule has 0 saturated heterocycles. The first-order valence-electron chi connectivity index (χ1n) is 8.12. The highest BCUT2D eigenvalue weighted by molar-refractivity contribution is 7.08. The van der Waals surface area contributed by atoms with Crippen molar-refractivity contribution in [3.05, 3.63) is 87.1 Å². The first-order chi connectivity index (χ1) is 13.4. The molecule has 5 nitrogen and oxygen atoms in total. The van der Waals surface area contributed by atoms with E-state index in [-0.39, 0.29) is 11.4 Å². The first kappa shape index (κ1) is 19.2. The molecule has 0 aliphatic rings.